The Balaban J connectivity index is 1.41. The molecular formula is C31H28ClNO7. The van der Waals surface area contributed by atoms with Crippen molar-refractivity contribution in [1.29, 1.82) is 0 Å². The number of methoxy groups -OCH3 is 1. The molecule has 1 amide bonds. The van der Waals surface area contributed by atoms with Gasteiger partial charge in [0.05, 0.1) is 7.11 Å². The van der Waals surface area contributed by atoms with Crippen molar-refractivity contribution in [3.8, 4) is 17.2 Å². The molecular weight excluding hydrogens is 534 g/mol. The zero-order valence-corrected chi connectivity index (χ0v) is 23.0. The van der Waals surface area contributed by atoms with Crippen molar-refractivity contribution in [2.75, 3.05) is 7.11 Å². The Kier molecular flexibility index (Phi) is 9.24. The molecule has 4 rings (SSSR count). The summed E-state index contributed by atoms with van der Waals surface area (Å²) in [6.07, 6.45) is 3.58. The third-order valence-corrected chi connectivity index (χ3v) is 6.32. The SMILES string of the molecule is CCC(C)NC(=O)c1cc2ccc(OC(=O)/C=C/c3ccc(OCc4ccc(Cl)cc4)c(OC)c3)cc2oc1=O. The number of esters is 1. The zero-order chi connectivity index (χ0) is 28.6. The van der Waals surface area contributed by atoms with Crippen molar-refractivity contribution < 1.29 is 28.2 Å². The van der Waals surface area contributed by atoms with Gasteiger partial charge in [-0.15, -0.1) is 0 Å². The minimum Gasteiger partial charge on any atom is -0.493 e. The van der Waals surface area contributed by atoms with E-state index in [9.17, 15) is 14.4 Å². The molecule has 1 aromatic heterocycles. The standard InChI is InChI=1S/C31H28ClNO7/c1-4-19(2)33-30(35)25-16-22-9-12-24(17-27(22)40-31(25)36)39-29(34)14-8-20-7-13-26(28(15-20)37-3)38-18-21-5-10-23(32)11-6-21/h5-17,19H,4,18H2,1-3H3,(H,33,35)/b14-8+. The summed E-state index contributed by atoms with van der Waals surface area (Å²) in [5.41, 5.74) is 0.987. The molecule has 0 saturated heterocycles. The van der Waals surface area contributed by atoms with Gasteiger partial charge in [-0.25, -0.2) is 9.59 Å². The number of halogens is 1. The first-order valence-corrected chi connectivity index (χ1v) is 13.0. The lowest BCUT2D eigenvalue weighted by atomic mass is 10.1. The summed E-state index contributed by atoms with van der Waals surface area (Å²) in [6.45, 7) is 4.12. The molecule has 0 fully saturated rings. The first-order valence-electron chi connectivity index (χ1n) is 12.6. The second-order valence-electron chi connectivity index (χ2n) is 9.01. The van der Waals surface area contributed by atoms with Gasteiger partial charge in [0.2, 0.25) is 0 Å². The molecule has 3 aromatic carbocycles. The molecule has 0 aliphatic heterocycles. The van der Waals surface area contributed by atoms with Crippen molar-refractivity contribution in [3.63, 3.8) is 0 Å². The van der Waals surface area contributed by atoms with Crippen LogP contribution >= 0.6 is 11.6 Å². The normalized spacial score (nSPS) is 11.8. The highest BCUT2D eigenvalue weighted by Gasteiger charge is 2.16. The summed E-state index contributed by atoms with van der Waals surface area (Å²) in [5.74, 6) is 0.115. The molecule has 0 spiro atoms. The Labute approximate surface area is 236 Å². The van der Waals surface area contributed by atoms with Gasteiger partial charge < -0.3 is 23.9 Å². The highest BCUT2D eigenvalue weighted by atomic mass is 35.5. The van der Waals surface area contributed by atoms with Crippen LogP contribution in [0, 0.1) is 0 Å². The van der Waals surface area contributed by atoms with E-state index in [1.54, 1.807) is 48.5 Å². The molecule has 0 bridgehead atoms. The van der Waals surface area contributed by atoms with Crippen molar-refractivity contribution >= 4 is 40.5 Å². The lowest BCUT2D eigenvalue weighted by molar-refractivity contribution is -0.128. The van der Waals surface area contributed by atoms with E-state index in [1.165, 1.54) is 25.3 Å². The maximum absolute atomic E-state index is 12.4. The van der Waals surface area contributed by atoms with E-state index in [2.05, 4.69) is 5.32 Å². The van der Waals surface area contributed by atoms with Crippen molar-refractivity contribution in [2.45, 2.75) is 32.9 Å². The second kappa shape index (κ2) is 13.0. The Morgan fingerprint density at radius 3 is 2.52 bits per heavy atom. The lowest BCUT2D eigenvalue weighted by Gasteiger charge is -2.11. The van der Waals surface area contributed by atoms with Gasteiger partial charge in [0.1, 0.15) is 23.5 Å². The Morgan fingerprint density at radius 1 is 1.02 bits per heavy atom. The van der Waals surface area contributed by atoms with E-state index in [1.807, 2.05) is 26.0 Å². The van der Waals surface area contributed by atoms with Crippen molar-refractivity contribution in [3.05, 3.63) is 105 Å². The Bertz CT molecular complexity index is 1610. The molecule has 4 aromatic rings. The summed E-state index contributed by atoms with van der Waals surface area (Å²) in [6, 6.07) is 18.6. The van der Waals surface area contributed by atoms with Crippen LogP contribution in [0.25, 0.3) is 17.0 Å². The quantitative estimate of drug-likeness (QED) is 0.107. The van der Waals surface area contributed by atoms with Crippen LogP contribution in [0.3, 0.4) is 0 Å². The maximum Gasteiger partial charge on any atom is 0.349 e. The van der Waals surface area contributed by atoms with E-state index in [0.717, 1.165) is 12.0 Å². The minimum atomic E-state index is -0.772. The number of fused-ring (bicyclic) bond motifs is 1. The molecule has 1 atom stereocenters. The van der Waals surface area contributed by atoms with Crippen LogP contribution in [0.15, 0.2) is 82.0 Å². The van der Waals surface area contributed by atoms with E-state index in [4.69, 9.17) is 30.2 Å². The molecule has 1 N–H and O–H groups in total. The number of amides is 1. The fourth-order valence-electron chi connectivity index (χ4n) is 3.68. The van der Waals surface area contributed by atoms with Gasteiger partial charge in [-0.3, -0.25) is 4.79 Å². The van der Waals surface area contributed by atoms with Crippen LogP contribution in [0.5, 0.6) is 17.2 Å². The molecule has 0 aliphatic rings. The summed E-state index contributed by atoms with van der Waals surface area (Å²) in [4.78, 5) is 37.2. The monoisotopic (exact) mass is 561 g/mol. The molecule has 40 heavy (non-hydrogen) atoms. The van der Waals surface area contributed by atoms with Crippen molar-refractivity contribution in [1.82, 2.24) is 5.32 Å². The predicted octanol–water partition coefficient (Wildman–Crippen LogP) is 6.18. The first-order chi connectivity index (χ1) is 19.2. The summed E-state index contributed by atoms with van der Waals surface area (Å²) in [5, 5.41) is 3.92. The average Bonchev–Trinajstić information content (AvgIpc) is 2.95. The molecule has 206 valence electrons. The van der Waals surface area contributed by atoms with Gasteiger partial charge in [-0.05, 0) is 73.0 Å². The third kappa shape index (κ3) is 7.30. The number of carbonyl (C=O) groups is 2. The number of carbonyl (C=O) groups excluding carboxylic acids is 2. The van der Waals surface area contributed by atoms with Crippen LogP contribution < -0.4 is 25.2 Å². The van der Waals surface area contributed by atoms with Gasteiger partial charge in [-0.2, -0.15) is 0 Å². The van der Waals surface area contributed by atoms with Crippen LogP contribution in [0.1, 0.15) is 41.8 Å². The van der Waals surface area contributed by atoms with E-state index in [-0.39, 0.29) is 22.9 Å². The van der Waals surface area contributed by atoms with E-state index < -0.39 is 17.5 Å². The van der Waals surface area contributed by atoms with E-state index >= 15 is 0 Å². The van der Waals surface area contributed by atoms with Gasteiger partial charge in [0.25, 0.3) is 5.91 Å². The molecule has 0 saturated carbocycles. The van der Waals surface area contributed by atoms with Crippen LogP contribution in [-0.4, -0.2) is 25.0 Å². The number of hydrogen-bond acceptors (Lipinski definition) is 7. The first kappa shape index (κ1) is 28.4. The lowest BCUT2D eigenvalue weighted by Crippen LogP contribution is -2.34. The number of ether oxygens (including phenoxy) is 3. The zero-order valence-electron chi connectivity index (χ0n) is 22.2. The summed E-state index contributed by atoms with van der Waals surface area (Å²) in [7, 11) is 1.53. The average molecular weight is 562 g/mol. The molecule has 1 unspecified atom stereocenters. The Hall–Kier alpha value is -4.56. The fraction of sp³-hybridized carbons (Fsp3) is 0.194. The number of hydrogen-bond donors (Lipinski definition) is 1. The predicted molar refractivity (Wildman–Crippen MR) is 153 cm³/mol. The molecule has 1 heterocycles. The molecule has 0 radical (unpaired) electrons. The van der Waals surface area contributed by atoms with E-state index in [0.29, 0.717) is 34.1 Å². The minimum absolute atomic E-state index is 0.0788. The highest BCUT2D eigenvalue weighted by Crippen LogP contribution is 2.29. The van der Waals surface area contributed by atoms with Crippen LogP contribution in [0.4, 0.5) is 0 Å². The summed E-state index contributed by atoms with van der Waals surface area (Å²) < 4.78 is 22.0. The third-order valence-electron chi connectivity index (χ3n) is 6.07. The van der Waals surface area contributed by atoms with Gasteiger partial charge in [-0.1, -0.05) is 36.7 Å². The molecule has 0 aliphatic carbocycles. The van der Waals surface area contributed by atoms with Gasteiger partial charge in [0, 0.05) is 28.6 Å². The van der Waals surface area contributed by atoms with Gasteiger partial charge in [0.15, 0.2) is 11.5 Å². The van der Waals surface area contributed by atoms with Gasteiger partial charge >= 0.3 is 11.6 Å². The van der Waals surface area contributed by atoms with Crippen LogP contribution in [-0.2, 0) is 11.4 Å². The largest absolute Gasteiger partial charge is 0.493 e. The number of rotatable bonds is 10. The number of nitrogens with one attached hydrogen (secondary N) is 1. The topological polar surface area (TPSA) is 104 Å². The fourth-order valence-corrected chi connectivity index (χ4v) is 3.81. The van der Waals surface area contributed by atoms with Crippen LogP contribution in [0.2, 0.25) is 5.02 Å². The Morgan fingerprint density at radius 2 is 1.80 bits per heavy atom. The second-order valence-corrected chi connectivity index (χ2v) is 9.45. The van der Waals surface area contributed by atoms with Crippen molar-refractivity contribution in [2.24, 2.45) is 0 Å². The molecule has 9 heteroatoms. The number of benzene rings is 3. The smallest absolute Gasteiger partial charge is 0.349 e. The summed E-state index contributed by atoms with van der Waals surface area (Å²) >= 11 is 5.92. The highest BCUT2D eigenvalue weighted by molar-refractivity contribution is 6.30. The molecule has 8 nitrogen and oxygen atoms in total. The maximum atomic E-state index is 12.4.